The summed E-state index contributed by atoms with van der Waals surface area (Å²) in [6, 6.07) is 12.0. The highest BCUT2D eigenvalue weighted by molar-refractivity contribution is 7.89. The SMILES string of the molecule is O=C(O)C[C@H](NS(=O)(=O)c1ccc2c(c1)CC(=O)N2)c1ccccc1. The molecule has 130 valence electrons. The van der Waals surface area contributed by atoms with Gasteiger partial charge in [-0.05, 0) is 29.3 Å². The van der Waals surface area contributed by atoms with Crippen LogP contribution in [0.15, 0.2) is 53.4 Å². The molecule has 0 saturated heterocycles. The number of hydrogen-bond acceptors (Lipinski definition) is 4. The van der Waals surface area contributed by atoms with Crippen LogP contribution in [0.1, 0.15) is 23.6 Å². The lowest BCUT2D eigenvalue weighted by atomic mass is 10.1. The molecule has 2 aromatic rings. The number of nitrogens with one attached hydrogen (secondary N) is 2. The highest BCUT2D eigenvalue weighted by atomic mass is 32.2. The molecule has 0 fully saturated rings. The van der Waals surface area contributed by atoms with E-state index in [9.17, 15) is 18.0 Å². The van der Waals surface area contributed by atoms with Crippen LogP contribution in [0.25, 0.3) is 0 Å². The number of amides is 1. The third kappa shape index (κ3) is 3.86. The number of aliphatic carboxylic acids is 1. The summed E-state index contributed by atoms with van der Waals surface area (Å²) in [6.07, 6.45) is -0.260. The Balaban J connectivity index is 1.90. The first-order chi connectivity index (χ1) is 11.8. The molecule has 3 N–H and O–H groups in total. The smallest absolute Gasteiger partial charge is 0.305 e. The van der Waals surface area contributed by atoms with Crippen LogP contribution in [0.2, 0.25) is 0 Å². The van der Waals surface area contributed by atoms with Crippen LogP contribution in [0.4, 0.5) is 5.69 Å². The predicted octanol–water partition coefficient (Wildman–Crippen LogP) is 1.68. The van der Waals surface area contributed by atoms with Crippen molar-refractivity contribution in [3.8, 4) is 0 Å². The first kappa shape index (κ1) is 17.1. The molecule has 8 heteroatoms. The Labute approximate surface area is 144 Å². The number of sulfonamides is 1. The fraction of sp³-hybridized carbons (Fsp3) is 0.176. The number of carbonyl (C=O) groups is 2. The molecule has 25 heavy (non-hydrogen) atoms. The molecule has 0 aromatic heterocycles. The zero-order valence-corrected chi connectivity index (χ0v) is 13.9. The summed E-state index contributed by atoms with van der Waals surface area (Å²) in [5.74, 6) is -1.30. The Kier molecular flexibility index (Phi) is 4.56. The predicted molar refractivity (Wildman–Crippen MR) is 90.5 cm³/mol. The van der Waals surface area contributed by atoms with Gasteiger partial charge in [0.25, 0.3) is 0 Å². The van der Waals surface area contributed by atoms with Crippen LogP contribution in [0, 0.1) is 0 Å². The molecule has 0 aliphatic carbocycles. The average molecular weight is 360 g/mol. The molecule has 1 amide bonds. The largest absolute Gasteiger partial charge is 0.481 e. The van der Waals surface area contributed by atoms with Gasteiger partial charge in [-0.3, -0.25) is 9.59 Å². The molecule has 1 atom stereocenters. The summed E-state index contributed by atoms with van der Waals surface area (Å²) in [5.41, 5.74) is 1.75. The molecule has 1 heterocycles. The van der Waals surface area contributed by atoms with Crippen molar-refractivity contribution in [1.29, 1.82) is 0 Å². The van der Waals surface area contributed by atoms with Gasteiger partial charge in [-0.2, -0.15) is 0 Å². The molecule has 1 aliphatic heterocycles. The van der Waals surface area contributed by atoms with Gasteiger partial charge in [0, 0.05) is 5.69 Å². The number of carbonyl (C=O) groups excluding carboxylic acids is 1. The number of benzene rings is 2. The van der Waals surface area contributed by atoms with Crippen LogP contribution in [0.5, 0.6) is 0 Å². The number of rotatable bonds is 6. The van der Waals surface area contributed by atoms with Gasteiger partial charge < -0.3 is 10.4 Å². The van der Waals surface area contributed by atoms with E-state index < -0.39 is 22.0 Å². The van der Waals surface area contributed by atoms with Gasteiger partial charge in [0.1, 0.15) is 0 Å². The molecule has 0 saturated carbocycles. The van der Waals surface area contributed by atoms with Gasteiger partial charge in [0.2, 0.25) is 15.9 Å². The Bertz CT molecular complexity index is 925. The molecule has 0 radical (unpaired) electrons. The number of fused-ring (bicyclic) bond motifs is 1. The van der Waals surface area contributed by atoms with Crippen molar-refractivity contribution in [2.75, 3.05) is 5.32 Å². The van der Waals surface area contributed by atoms with Crippen molar-refractivity contribution in [3.63, 3.8) is 0 Å². The normalized spacial score (nSPS) is 14.6. The summed E-state index contributed by atoms with van der Waals surface area (Å²) in [7, 11) is -3.94. The van der Waals surface area contributed by atoms with E-state index in [0.717, 1.165) is 0 Å². The van der Waals surface area contributed by atoms with Crippen molar-refractivity contribution in [2.24, 2.45) is 0 Å². The lowest BCUT2D eigenvalue weighted by molar-refractivity contribution is -0.137. The van der Waals surface area contributed by atoms with Crippen molar-refractivity contribution in [1.82, 2.24) is 4.72 Å². The summed E-state index contributed by atoms with van der Waals surface area (Å²) < 4.78 is 27.8. The molecule has 1 aliphatic rings. The van der Waals surface area contributed by atoms with E-state index in [-0.39, 0.29) is 23.6 Å². The molecular formula is C17H16N2O5S. The summed E-state index contributed by atoms with van der Waals surface area (Å²) in [5, 5.41) is 11.7. The minimum Gasteiger partial charge on any atom is -0.481 e. The quantitative estimate of drug-likeness (QED) is 0.725. The molecule has 7 nitrogen and oxygen atoms in total. The van der Waals surface area contributed by atoms with Gasteiger partial charge in [0.15, 0.2) is 0 Å². The van der Waals surface area contributed by atoms with E-state index in [1.807, 2.05) is 0 Å². The maximum Gasteiger partial charge on any atom is 0.305 e. The topological polar surface area (TPSA) is 113 Å². The van der Waals surface area contributed by atoms with Gasteiger partial charge in [-0.25, -0.2) is 13.1 Å². The molecule has 3 rings (SSSR count). The third-order valence-electron chi connectivity index (χ3n) is 3.89. The zero-order valence-electron chi connectivity index (χ0n) is 13.1. The fourth-order valence-corrected chi connectivity index (χ4v) is 3.99. The summed E-state index contributed by atoms with van der Waals surface area (Å²) >= 11 is 0. The van der Waals surface area contributed by atoms with E-state index >= 15 is 0 Å². The van der Waals surface area contributed by atoms with Gasteiger partial charge in [-0.15, -0.1) is 0 Å². The Morgan fingerprint density at radius 3 is 2.60 bits per heavy atom. The molecule has 0 spiro atoms. The van der Waals surface area contributed by atoms with Gasteiger partial charge >= 0.3 is 5.97 Å². The number of carboxylic acids is 1. The number of hydrogen-bond donors (Lipinski definition) is 3. The van der Waals surface area contributed by atoms with E-state index in [2.05, 4.69) is 10.0 Å². The summed E-state index contributed by atoms with van der Waals surface area (Å²) in [6.45, 7) is 0. The Morgan fingerprint density at radius 2 is 1.92 bits per heavy atom. The lowest BCUT2D eigenvalue weighted by Crippen LogP contribution is -2.30. The zero-order chi connectivity index (χ0) is 18.0. The minimum atomic E-state index is -3.94. The number of anilines is 1. The first-order valence-electron chi connectivity index (χ1n) is 7.57. The second kappa shape index (κ2) is 6.66. The molecule has 0 unspecified atom stereocenters. The highest BCUT2D eigenvalue weighted by Crippen LogP contribution is 2.27. The van der Waals surface area contributed by atoms with Crippen molar-refractivity contribution in [3.05, 3.63) is 59.7 Å². The van der Waals surface area contributed by atoms with Crippen LogP contribution in [0.3, 0.4) is 0 Å². The number of carboxylic acid groups (broad SMARTS) is 1. The van der Waals surface area contributed by atoms with E-state index in [1.54, 1.807) is 30.3 Å². The van der Waals surface area contributed by atoms with E-state index in [4.69, 9.17) is 5.11 Å². The van der Waals surface area contributed by atoms with Crippen LogP contribution >= 0.6 is 0 Å². The maximum atomic E-state index is 12.7. The fourth-order valence-electron chi connectivity index (χ4n) is 2.72. The average Bonchev–Trinajstić information content (AvgIpc) is 2.93. The molecule has 0 bridgehead atoms. The molecular weight excluding hydrogens is 344 g/mol. The van der Waals surface area contributed by atoms with E-state index in [1.165, 1.54) is 18.2 Å². The third-order valence-corrected chi connectivity index (χ3v) is 5.36. The Hall–Kier alpha value is -2.71. The molecule has 2 aromatic carbocycles. The van der Waals surface area contributed by atoms with Crippen LogP contribution in [-0.2, 0) is 26.0 Å². The van der Waals surface area contributed by atoms with Crippen molar-refractivity contribution in [2.45, 2.75) is 23.8 Å². The van der Waals surface area contributed by atoms with Gasteiger partial charge in [-0.1, -0.05) is 30.3 Å². The van der Waals surface area contributed by atoms with Crippen LogP contribution < -0.4 is 10.0 Å². The highest BCUT2D eigenvalue weighted by Gasteiger charge is 2.26. The second-order valence-electron chi connectivity index (χ2n) is 5.73. The first-order valence-corrected chi connectivity index (χ1v) is 9.05. The lowest BCUT2D eigenvalue weighted by Gasteiger charge is -2.18. The second-order valence-corrected chi connectivity index (χ2v) is 7.44. The van der Waals surface area contributed by atoms with Crippen molar-refractivity contribution < 1.29 is 23.1 Å². The maximum absolute atomic E-state index is 12.7. The van der Waals surface area contributed by atoms with Crippen molar-refractivity contribution >= 4 is 27.6 Å². The summed E-state index contributed by atoms with van der Waals surface area (Å²) in [4.78, 5) is 22.5. The van der Waals surface area contributed by atoms with E-state index in [0.29, 0.717) is 16.8 Å². The monoisotopic (exact) mass is 360 g/mol. The standard InChI is InChI=1S/C17H16N2O5S/c20-16-9-12-8-13(6-7-14(12)18-16)25(23,24)19-15(10-17(21)22)11-4-2-1-3-5-11/h1-8,15,19H,9-10H2,(H,18,20)(H,21,22)/t15-/m0/s1. The van der Waals surface area contributed by atoms with Crippen LogP contribution in [-0.4, -0.2) is 25.4 Å². The van der Waals surface area contributed by atoms with Gasteiger partial charge in [0.05, 0.1) is 23.8 Å². The minimum absolute atomic E-state index is 0.00549. The Morgan fingerprint density at radius 1 is 1.20 bits per heavy atom.